The van der Waals surface area contributed by atoms with Crippen LogP contribution in [-0.4, -0.2) is 19.5 Å². The Morgan fingerprint density at radius 2 is 1.20 bits per heavy atom. The summed E-state index contributed by atoms with van der Waals surface area (Å²) in [7, 11) is -3.24. The molecule has 1 atom stereocenters. The lowest BCUT2D eigenvalue weighted by Crippen LogP contribution is -2.33. The minimum absolute atomic E-state index is 0.763. The molecule has 40 heavy (non-hydrogen) atoms. The number of benzene rings is 5. The lowest BCUT2D eigenvalue weighted by Gasteiger charge is -2.29. The molecule has 0 saturated heterocycles. The Balaban J connectivity index is 1.47. The highest BCUT2D eigenvalue weighted by atomic mass is 31.2. The zero-order valence-electron chi connectivity index (χ0n) is 21.7. The van der Waals surface area contributed by atoms with E-state index >= 15 is 4.57 Å². The first-order valence-corrected chi connectivity index (χ1v) is 15.0. The van der Waals surface area contributed by atoms with Gasteiger partial charge >= 0.3 is 0 Å². The maximum absolute atomic E-state index is 15.5. The van der Waals surface area contributed by atoms with Gasteiger partial charge in [0.1, 0.15) is 5.82 Å². The summed E-state index contributed by atoms with van der Waals surface area (Å²) >= 11 is 0. The van der Waals surface area contributed by atoms with E-state index < -0.39 is 7.14 Å². The molecule has 3 heterocycles. The summed E-state index contributed by atoms with van der Waals surface area (Å²) in [6.45, 7) is 2.00. The number of hydrogen-bond acceptors (Lipinski definition) is 4. The summed E-state index contributed by atoms with van der Waals surface area (Å²) < 4.78 is 17.7. The first kappa shape index (κ1) is 23.1. The molecular formula is C34H23N4OP. The van der Waals surface area contributed by atoms with E-state index in [4.69, 9.17) is 15.0 Å². The summed E-state index contributed by atoms with van der Waals surface area (Å²) in [5.74, 6) is 0.867. The van der Waals surface area contributed by atoms with Gasteiger partial charge in [-0.05, 0) is 43.3 Å². The average Bonchev–Trinajstić information content (AvgIpc) is 3.36. The standard InChI is InChI=1S/C34H23N4OP/c1-22-35-28-17-10-18-30-34(28)38(22)29-20-19-24(21-31(29)40(30,39)25-13-6-3-7-14-25)33-32(23-11-4-2-5-12-23)36-26-15-8-9-16-27(26)37-33/h2-21H,1H3. The maximum Gasteiger partial charge on any atom is 0.175 e. The summed E-state index contributed by atoms with van der Waals surface area (Å²) in [5.41, 5.74) is 7.74. The highest BCUT2D eigenvalue weighted by molar-refractivity contribution is 7.86. The molecule has 0 bridgehead atoms. The Labute approximate surface area is 231 Å². The molecule has 1 unspecified atom stereocenters. The van der Waals surface area contributed by atoms with Crippen LogP contribution in [0.1, 0.15) is 5.82 Å². The van der Waals surface area contributed by atoms with Gasteiger partial charge in [0.2, 0.25) is 0 Å². The molecule has 8 rings (SSSR count). The van der Waals surface area contributed by atoms with Crippen LogP contribution < -0.4 is 15.9 Å². The third-order valence-electron chi connectivity index (χ3n) is 7.73. The largest absolute Gasteiger partial charge is 0.308 e. The lowest BCUT2D eigenvalue weighted by atomic mass is 10.0. The van der Waals surface area contributed by atoms with Crippen molar-refractivity contribution in [2.75, 3.05) is 0 Å². The number of imidazole rings is 1. The molecule has 0 aliphatic carbocycles. The number of fused-ring (bicyclic) bond motifs is 3. The van der Waals surface area contributed by atoms with E-state index in [0.717, 1.165) is 72.0 Å². The molecule has 7 aromatic rings. The Kier molecular flexibility index (Phi) is 4.94. The van der Waals surface area contributed by atoms with Crippen molar-refractivity contribution in [3.63, 3.8) is 0 Å². The summed E-state index contributed by atoms with van der Waals surface area (Å²) in [6.07, 6.45) is 0. The van der Waals surface area contributed by atoms with E-state index in [1.807, 2.05) is 97.9 Å². The van der Waals surface area contributed by atoms with Crippen LogP contribution in [0.2, 0.25) is 0 Å². The number of rotatable bonds is 3. The maximum atomic E-state index is 15.5. The highest BCUT2D eigenvalue weighted by Crippen LogP contribution is 2.50. The first-order valence-electron chi connectivity index (χ1n) is 13.2. The monoisotopic (exact) mass is 534 g/mol. The van der Waals surface area contributed by atoms with Gasteiger partial charge < -0.3 is 4.57 Å². The van der Waals surface area contributed by atoms with Crippen molar-refractivity contribution in [2.45, 2.75) is 6.92 Å². The molecule has 6 heteroatoms. The summed E-state index contributed by atoms with van der Waals surface area (Å²) in [4.78, 5) is 15.0. The smallest absolute Gasteiger partial charge is 0.175 e. The fourth-order valence-electron chi connectivity index (χ4n) is 5.93. The van der Waals surface area contributed by atoms with Crippen molar-refractivity contribution in [2.24, 2.45) is 0 Å². The molecule has 0 amide bonds. The number of nitrogens with zero attached hydrogens (tertiary/aromatic N) is 4. The Hall–Kier alpha value is -4.86. The number of para-hydroxylation sites is 3. The van der Waals surface area contributed by atoms with Crippen LogP contribution in [0, 0.1) is 6.92 Å². The molecule has 0 spiro atoms. The van der Waals surface area contributed by atoms with Crippen molar-refractivity contribution in [3.05, 3.63) is 127 Å². The topological polar surface area (TPSA) is 60.7 Å². The van der Waals surface area contributed by atoms with Crippen LogP contribution in [-0.2, 0) is 4.57 Å². The molecule has 5 nitrogen and oxygen atoms in total. The van der Waals surface area contributed by atoms with Crippen LogP contribution >= 0.6 is 7.14 Å². The Morgan fingerprint density at radius 1 is 0.575 bits per heavy atom. The van der Waals surface area contributed by atoms with Crippen LogP contribution in [0.15, 0.2) is 121 Å². The number of hydrogen-bond donors (Lipinski definition) is 0. The summed E-state index contributed by atoms with van der Waals surface area (Å²) in [5, 5.41) is 2.40. The van der Waals surface area contributed by atoms with E-state index in [9.17, 15) is 0 Å². The van der Waals surface area contributed by atoms with Crippen LogP contribution in [0.5, 0.6) is 0 Å². The minimum Gasteiger partial charge on any atom is -0.308 e. The summed E-state index contributed by atoms with van der Waals surface area (Å²) in [6, 6.07) is 40.0. The number of aromatic nitrogens is 4. The van der Waals surface area contributed by atoms with Gasteiger partial charge in [-0.3, -0.25) is 4.57 Å². The highest BCUT2D eigenvalue weighted by Gasteiger charge is 2.39. The molecular weight excluding hydrogens is 511 g/mol. The van der Waals surface area contributed by atoms with Gasteiger partial charge in [0, 0.05) is 27.0 Å². The van der Waals surface area contributed by atoms with E-state index in [1.165, 1.54) is 0 Å². The quantitative estimate of drug-likeness (QED) is 0.241. The third-order valence-corrected chi connectivity index (χ3v) is 10.8. The van der Waals surface area contributed by atoms with Crippen LogP contribution in [0.3, 0.4) is 0 Å². The number of aryl methyl sites for hydroxylation is 1. The molecule has 2 aromatic heterocycles. The van der Waals surface area contributed by atoms with Crippen LogP contribution in [0.4, 0.5) is 0 Å². The Morgan fingerprint density at radius 3 is 1.93 bits per heavy atom. The van der Waals surface area contributed by atoms with Gasteiger partial charge in [0.25, 0.3) is 0 Å². The molecule has 1 aliphatic heterocycles. The SMILES string of the molecule is Cc1nc2cccc3c2n1-c1ccc(-c2nc4ccccc4nc2-c2ccccc2)cc1P3(=O)c1ccccc1. The van der Waals surface area contributed by atoms with Gasteiger partial charge in [-0.25, -0.2) is 15.0 Å². The van der Waals surface area contributed by atoms with Gasteiger partial charge in [-0.15, -0.1) is 0 Å². The molecule has 5 aromatic carbocycles. The van der Waals surface area contributed by atoms with Crippen molar-refractivity contribution in [1.82, 2.24) is 19.5 Å². The predicted octanol–water partition coefficient (Wildman–Crippen LogP) is 6.56. The van der Waals surface area contributed by atoms with Crippen molar-refractivity contribution >= 4 is 45.1 Å². The van der Waals surface area contributed by atoms with E-state index in [2.05, 4.69) is 34.9 Å². The third kappa shape index (κ3) is 3.22. The Bertz CT molecular complexity index is 2150. The molecule has 190 valence electrons. The van der Waals surface area contributed by atoms with Gasteiger partial charge in [0.15, 0.2) is 7.14 Å². The van der Waals surface area contributed by atoms with Crippen LogP contribution in [0.25, 0.3) is 50.3 Å². The molecule has 0 radical (unpaired) electrons. The predicted molar refractivity (Wildman–Crippen MR) is 163 cm³/mol. The lowest BCUT2D eigenvalue weighted by molar-refractivity contribution is 0.592. The normalized spacial score (nSPS) is 15.8. The molecule has 1 aliphatic rings. The fraction of sp³-hybridized carbons (Fsp3) is 0.0294. The second-order valence-corrected chi connectivity index (χ2v) is 12.8. The molecule has 0 N–H and O–H groups in total. The first-order chi connectivity index (χ1) is 19.6. The van der Waals surface area contributed by atoms with E-state index in [1.54, 1.807) is 0 Å². The average molecular weight is 535 g/mol. The van der Waals surface area contributed by atoms with E-state index in [-0.39, 0.29) is 0 Å². The van der Waals surface area contributed by atoms with Crippen molar-refractivity contribution < 1.29 is 4.57 Å². The van der Waals surface area contributed by atoms with Gasteiger partial charge in [-0.1, -0.05) is 84.9 Å². The van der Waals surface area contributed by atoms with Crippen molar-refractivity contribution in [3.8, 4) is 28.2 Å². The van der Waals surface area contributed by atoms with E-state index in [0.29, 0.717) is 0 Å². The zero-order chi connectivity index (χ0) is 26.8. The second kappa shape index (κ2) is 8.57. The van der Waals surface area contributed by atoms with Crippen molar-refractivity contribution in [1.29, 1.82) is 0 Å². The molecule has 0 saturated carbocycles. The van der Waals surface area contributed by atoms with Gasteiger partial charge in [0.05, 0.1) is 39.1 Å². The zero-order valence-corrected chi connectivity index (χ0v) is 22.6. The fourth-order valence-corrected chi connectivity index (χ4v) is 8.97. The second-order valence-electron chi connectivity index (χ2n) is 10.1. The molecule has 0 fully saturated rings. The van der Waals surface area contributed by atoms with Gasteiger partial charge in [-0.2, -0.15) is 0 Å². The minimum atomic E-state index is -3.24.